The first-order chi connectivity index (χ1) is 13.4. The van der Waals surface area contributed by atoms with E-state index >= 15 is 0 Å². The third kappa shape index (κ3) is 4.16. The number of aromatic nitrogens is 1. The van der Waals surface area contributed by atoms with E-state index < -0.39 is 17.7 Å². The minimum Gasteiger partial charge on any atom is -0.465 e. The zero-order chi connectivity index (χ0) is 20.3. The number of ether oxygens (including phenoxy) is 1. The summed E-state index contributed by atoms with van der Waals surface area (Å²) in [4.78, 5) is 24.6. The van der Waals surface area contributed by atoms with Crippen molar-refractivity contribution in [2.24, 2.45) is 0 Å². The molecule has 0 radical (unpaired) electrons. The molecular formula is C19H13Cl2FN2O4. The molecule has 0 aliphatic heterocycles. The van der Waals surface area contributed by atoms with E-state index in [9.17, 15) is 14.0 Å². The van der Waals surface area contributed by atoms with Gasteiger partial charge in [0, 0.05) is 5.56 Å². The van der Waals surface area contributed by atoms with Crippen LogP contribution in [0.5, 0.6) is 0 Å². The van der Waals surface area contributed by atoms with Crippen LogP contribution in [0.1, 0.15) is 15.9 Å². The summed E-state index contributed by atoms with van der Waals surface area (Å²) < 4.78 is 22.9. The fraction of sp³-hybridized carbons (Fsp3) is 0.105. The number of carbonyl (C=O) groups excluding carboxylic acids is 2. The van der Waals surface area contributed by atoms with Crippen LogP contribution in [0, 0.1) is 5.82 Å². The molecule has 2 aromatic carbocycles. The SMILES string of the molecule is COC(=O)c1c(-c2c(Cl)cccc2Cl)noc1NC(=O)Cc1ccc(F)cc1. The van der Waals surface area contributed by atoms with Crippen LogP contribution in [0.25, 0.3) is 11.3 Å². The molecule has 6 nitrogen and oxygen atoms in total. The summed E-state index contributed by atoms with van der Waals surface area (Å²) in [5, 5.41) is 6.80. The predicted molar refractivity (Wildman–Crippen MR) is 102 cm³/mol. The van der Waals surface area contributed by atoms with Crippen LogP contribution in [-0.2, 0) is 16.0 Å². The number of carbonyl (C=O) groups is 2. The van der Waals surface area contributed by atoms with Gasteiger partial charge in [-0.1, -0.05) is 46.6 Å². The molecule has 1 aromatic heterocycles. The van der Waals surface area contributed by atoms with E-state index in [0.717, 1.165) is 0 Å². The van der Waals surface area contributed by atoms with Gasteiger partial charge < -0.3 is 9.26 Å². The average molecular weight is 423 g/mol. The molecule has 0 aliphatic rings. The van der Waals surface area contributed by atoms with Gasteiger partial charge in [-0.3, -0.25) is 10.1 Å². The van der Waals surface area contributed by atoms with Crippen LogP contribution in [0.4, 0.5) is 10.3 Å². The Morgan fingerprint density at radius 1 is 1.14 bits per heavy atom. The Balaban J connectivity index is 1.93. The number of anilines is 1. The first kappa shape index (κ1) is 19.9. The summed E-state index contributed by atoms with van der Waals surface area (Å²) in [6.45, 7) is 0. The highest BCUT2D eigenvalue weighted by molar-refractivity contribution is 6.39. The highest BCUT2D eigenvalue weighted by Gasteiger charge is 2.28. The normalized spacial score (nSPS) is 10.6. The Morgan fingerprint density at radius 3 is 2.39 bits per heavy atom. The maximum atomic E-state index is 13.0. The number of nitrogens with zero attached hydrogens (tertiary/aromatic N) is 1. The second-order valence-electron chi connectivity index (χ2n) is 5.67. The quantitative estimate of drug-likeness (QED) is 0.599. The minimum absolute atomic E-state index is 0.0412. The summed E-state index contributed by atoms with van der Waals surface area (Å²) in [6.07, 6.45) is -0.0657. The van der Waals surface area contributed by atoms with Gasteiger partial charge in [0.05, 0.1) is 23.6 Å². The lowest BCUT2D eigenvalue weighted by Crippen LogP contribution is -2.16. The van der Waals surface area contributed by atoms with Gasteiger partial charge in [-0.2, -0.15) is 0 Å². The Labute approximate surface area is 169 Å². The summed E-state index contributed by atoms with van der Waals surface area (Å²) in [5.74, 6) is -1.90. The molecule has 0 bridgehead atoms. The second kappa shape index (κ2) is 8.41. The standard InChI is InChI=1S/C19H13Cl2FN2O4/c1-27-19(26)16-17(15-12(20)3-2-4-13(15)21)24-28-18(16)23-14(25)9-10-5-7-11(22)8-6-10/h2-8H,9H2,1H3,(H,23,25). The summed E-state index contributed by atoms with van der Waals surface area (Å²) >= 11 is 12.4. The molecule has 0 aliphatic carbocycles. The summed E-state index contributed by atoms with van der Waals surface area (Å²) in [5.41, 5.74) is 0.769. The third-order valence-corrected chi connectivity index (χ3v) is 4.44. The van der Waals surface area contributed by atoms with Crippen LogP contribution in [-0.4, -0.2) is 24.1 Å². The van der Waals surface area contributed by atoms with Crippen LogP contribution in [0.2, 0.25) is 10.0 Å². The van der Waals surface area contributed by atoms with Crippen LogP contribution < -0.4 is 5.32 Å². The van der Waals surface area contributed by atoms with Crippen molar-refractivity contribution in [3.63, 3.8) is 0 Å². The molecule has 0 fully saturated rings. The van der Waals surface area contributed by atoms with E-state index in [0.29, 0.717) is 5.56 Å². The molecule has 1 N–H and O–H groups in total. The van der Waals surface area contributed by atoms with Crippen LogP contribution >= 0.6 is 23.2 Å². The molecule has 0 unspecified atom stereocenters. The van der Waals surface area contributed by atoms with Gasteiger partial charge in [-0.15, -0.1) is 0 Å². The van der Waals surface area contributed by atoms with Crippen molar-refractivity contribution in [1.82, 2.24) is 5.16 Å². The Hall–Kier alpha value is -2.90. The van der Waals surface area contributed by atoms with Gasteiger partial charge in [-0.25, -0.2) is 9.18 Å². The molecule has 9 heteroatoms. The van der Waals surface area contributed by atoms with Gasteiger partial charge in [0.2, 0.25) is 11.8 Å². The molecule has 0 spiro atoms. The fourth-order valence-electron chi connectivity index (χ4n) is 2.52. The van der Waals surface area contributed by atoms with Crippen molar-refractivity contribution in [2.45, 2.75) is 6.42 Å². The van der Waals surface area contributed by atoms with Gasteiger partial charge in [0.1, 0.15) is 11.5 Å². The zero-order valence-corrected chi connectivity index (χ0v) is 16.0. The Bertz CT molecular complexity index is 1010. The van der Waals surface area contributed by atoms with Crippen LogP contribution in [0.3, 0.4) is 0 Å². The molecule has 28 heavy (non-hydrogen) atoms. The lowest BCUT2D eigenvalue weighted by Gasteiger charge is -2.07. The molecule has 1 amide bonds. The highest BCUT2D eigenvalue weighted by atomic mass is 35.5. The number of hydrogen-bond donors (Lipinski definition) is 1. The first-order valence-corrected chi connectivity index (χ1v) is 8.73. The van der Waals surface area contributed by atoms with E-state index in [1.807, 2.05) is 0 Å². The van der Waals surface area contributed by atoms with E-state index in [1.165, 1.54) is 31.4 Å². The lowest BCUT2D eigenvalue weighted by molar-refractivity contribution is -0.115. The van der Waals surface area contributed by atoms with E-state index in [2.05, 4.69) is 10.5 Å². The van der Waals surface area contributed by atoms with Crippen molar-refractivity contribution >= 4 is 41.0 Å². The van der Waals surface area contributed by atoms with Crippen LogP contribution in [0.15, 0.2) is 47.0 Å². The summed E-state index contributed by atoms with van der Waals surface area (Å²) in [7, 11) is 1.18. The predicted octanol–water partition coefficient (Wildman–Crippen LogP) is 4.76. The smallest absolute Gasteiger partial charge is 0.345 e. The third-order valence-electron chi connectivity index (χ3n) is 3.81. The molecular weight excluding hydrogens is 410 g/mol. The minimum atomic E-state index is -0.788. The molecule has 0 saturated heterocycles. The number of esters is 1. The van der Waals surface area contributed by atoms with Crippen molar-refractivity contribution in [3.8, 4) is 11.3 Å². The number of rotatable bonds is 5. The second-order valence-corrected chi connectivity index (χ2v) is 6.49. The number of hydrogen-bond acceptors (Lipinski definition) is 5. The molecule has 0 saturated carbocycles. The molecule has 144 valence electrons. The molecule has 0 atom stereocenters. The van der Waals surface area contributed by atoms with E-state index in [-0.39, 0.29) is 39.2 Å². The van der Waals surface area contributed by atoms with Crippen molar-refractivity contribution in [2.75, 3.05) is 12.4 Å². The molecule has 1 heterocycles. The molecule has 3 aromatic rings. The summed E-state index contributed by atoms with van der Waals surface area (Å²) in [6, 6.07) is 10.2. The van der Waals surface area contributed by atoms with Gasteiger partial charge in [0.25, 0.3) is 0 Å². The van der Waals surface area contributed by atoms with E-state index in [1.54, 1.807) is 18.2 Å². The number of benzene rings is 2. The van der Waals surface area contributed by atoms with Crippen molar-refractivity contribution in [1.29, 1.82) is 0 Å². The average Bonchev–Trinajstić information content (AvgIpc) is 3.06. The Morgan fingerprint density at radius 2 is 1.79 bits per heavy atom. The topological polar surface area (TPSA) is 81.4 Å². The maximum Gasteiger partial charge on any atom is 0.345 e. The first-order valence-electron chi connectivity index (χ1n) is 7.97. The zero-order valence-electron chi connectivity index (χ0n) is 14.5. The number of nitrogens with one attached hydrogen (secondary N) is 1. The number of methoxy groups -OCH3 is 1. The monoisotopic (exact) mass is 422 g/mol. The molecule has 3 rings (SSSR count). The van der Waals surface area contributed by atoms with Gasteiger partial charge in [-0.05, 0) is 29.8 Å². The van der Waals surface area contributed by atoms with Crippen molar-refractivity contribution < 1.29 is 23.2 Å². The van der Waals surface area contributed by atoms with Crippen molar-refractivity contribution in [3.05, 3.63) is 69.5 Å². The maximum absolute atomic E-state index is 13.0. The van der Waals surface area contributed by atoms with Gasteiger partial charge >= 0.3 is 5.97 Å². The fourth-order valence-corrected chi connectivity index (χ4v) is 3.10. The Kier molecular flexibility index (Phi) is 5.96. The van der Waals surface area contributed by atoms with E-state index in [4.69, 9.17) is 32.5 Å². The number of halogens is 3. The largest absolute Gasteiger partial charge is 0.465 e. The number of amides is 1. The van der Waals surface area contributed by atoms with Gasteiger partial charge in [0.15, 0.2) is 5.56 Å². The highest BCUT2D eigenvalue weighted by Crippen LogP contribution is 2.38. The lowest BCUT2D eigenvalue weighted by atomic mass is 10.1.